The molecule has 0 aromatic heterocycles. The van der Waals surface area contributed by atoms with Crippen molar-refractivity contribution in [3.8, 4) is 0 Å². The van der Waals surface area contributed by atoms with Crippen molar-refractivity contribution in [2.24, 2.45) is 10.8 Å². The van der Waals surface area contributed by atoms with Gasteiger partial charge >= 0.3 is 11.9 Å². The van der Waals surface area contributed by atoms with Crippen molar-refractivity contribution in [2.45, 2.75) is 63.3 Å². The van der Waals surface area contributed by atoms with Gasteiger partial charge in [-0.3, -0.25) is 9.59 Å². The Kier molecular flexibility index (Phi) is 4.60. The number of esters is 2. The lowest BCUT2D eigenvalue weighted by Crippen LogP contribution is -2.68. The molecule has 2 aliphatic carbocycles. The first-order valence-corrected chi connectivity index (χ1v) is 9.89. The van der Waals surface area contributed by atoms with Crippen LogP contribution in [0.4, 0.5) is 0 Å². The number of alkyl halides is 1. The van der Waals surface area contributed by atoms with Crippen LogP contribution in [-0.4, -0.2) is 77.4 Å². The van der Waals surface area contributed by atoms with Gasteiger partial charge < -0.3 is 29.2 Å². The Morgan fingerprint density at radius 2 is 2.07 bits per heavy atom. The first-order valence-electron chi connectivity index (χ1n) is 9.35. The van der Waals surface area contributed by atoms with Crippen LogP contribution in [0.1, 0.15) is 27.2 Å². The van der Waals surface area contributed by atoms with Crippen molar-refractivity contribution in [1.82, 2.24) is 0 Å². The fraction of sp³-hybridized carbons (Fsp3) is 0.789. The molecule has 2 heterocycles. The van der Waals surface area contributed by atoms with Crippen molar-refractivity contribution in [3.63, 3.8) is 0 Å². The van der Waals surface area contributed by atoms with Crippen LogP contribution in [-0.2, 0) is 28.5 Å². The lowest BCUT2D eigenvalue weighted by molar-refractivity contribution is -0.239. The zero-order chi connectivity index (χ0) is 20.5. The number of ether oxygens (including phenoxy) is 4. The summed E-state index contributed by atoms with van der Waals surface area (Å²) in [5.41, 5.74) is -2.08. The Hall–Kier alpha value is -1.19. The van der Waals surface area contributed by atoms with Crippen LogP contribution in [0.3, 0.4) is 0 Å². The highest BCUT2D eigenvalue weighted by Crippen LogP contribution is 2.72. The molecule has 0 radical (unpaired) electrons. The minimum atomic E-state index is -1.13. The maximum atomic E-state index is 12.0. The van der Waals surface area contributed by atoms with Crippen molar-refractivity contribution in [1.29, 1.82) is 0 Å². The summed E-state index contributed by atoms with van der Waals surface area (Å²) in [4.78, 5) is 23.7. The van der Waals surface area contributed by atoms with Gasteiger partial charge in [0.15, 0.2) is 0 Å². The Labute approximate surface area is 167 Å². The Morgan fingerprint density at radius 1 is 1.39 bits per heavy atom. The van der Waals surface area contributed by atoms with Gasteiger partial charge in [0.25, 0.3) is 0 Å². The van der Waals surface area contributed by atoms with Crippen molar-refractivity contribution in [2.75, 3.05) is 19.1 Å². The van der Waals surface area contributed by atoms with Crippen molar-refractivity contribution < 1.29 is 38.7 Å². The average molecular weight is 417 g/mol. The second kappa shape index (κ2) is 6.40. The molecule has 3 fully saturated rings. The molecule has 156 valence electrons. The quantitative estimate of drug-likeness (QED) is 0.291. The predicted molar refractivity (Wildman–Crippen MR) is 95.5 cm³/mol. The van der Waals surface area contributed by atoms with E-state index in [1.54, 1.807) is 13.0 Å². The van der Waals surface area contributed by atoms with Crippen LogP contribution >= 0.6 is 11.6 Å². The fourth-order valence-corrected chi connectivity index (χ4v) is 5.66. The van der Waals surface area contributed by atoms with Crippen LogP contribution in [0, 0.1) is 10.8 Å². The summed E-state index contributed by atoms with van der Waals surface area (Å²) in [7, 11) is 0. The normalized spacial score (nSPS) is 48.6. The summed E-state index contributed by atoms with van der Waals surface area (Å²) in [5, 5.41) is 21.7. The summed E-state index contributed by atoms with van der Waals surface area (Å²) in [6, 6.07) is 0. The first kappa shape index (κ1) is 20.1. The number of rotatable bonds is 4. The van der Waals surface area contributed by atoms with E-state index in [9.17, 15) is 19.8 Å². The van der Waals surface area contributed by atoms with E-state index in [1.165, 1.54) is 6.92 Å². The van der Waals surface area contributed by atoms with E-state index in [0.29, 0.717) is 6.61 Å². The highest BCUT2D eigenvalue weighted by atomic mass is 35.5. The van der Waals surface area contributed by atoms with E-state index >= 15 is 0 Å². The molecule has 8 atom stereocenters. The van der Waals surface area contributed by atoms with E-state index < -0.39 is 58.9 Å². The fourth-order valence-electron chi connectivity index (χ4n) is 5.60. The maximum Gasteiger partial charge on any atom is 0.321 e. The molecule has 0 amide bonds. The average Bonchev–Trinajstić information content (AvgIpc) is 3.42. The molecule has 0 aromatic carbocycles. The third-order valence-electron chi connectivity index (χ3n) is 7.25. The molecule has 4 rings (SSSR count). The smallest absolute Gasteiger partial charge is 0.321 e. The molecular formula is C19H25ClO8. The number of carbonyl (C=O) groups excluding carboxylic acids is 2. The third-order valence-corrected chi connectivity index (χ3v) is 7.47. The molecule has 1 spiro atoms. The Morgan fingerprint density at radius 3 is 2.64 bits per heavy atom. The number of hydrogen-bond acceptors (Lipinski definition) is 8. The van der Waals surface area contributed by atoms with Gasteiger partial charge in [-0.15, -0.1) is 11.6 Å². The zero-order valence-electron chi connectivity index (χ0n) is 16.0. The Balaban J connectivity index is 1.86. The molecular weight excluding hydrogens is 392 g/mol. The highest BCUT2D eigenvalue weighted by Gasteiger charge is 2.86. The molecule has 8 nitrogen and oxygen atoms in total. The summed E-state index contributed by atoms with van der Waals surface area (Å²) in [6.07, 6.45) is -2.15. The predicted octanol–water partition coefficient (Wildman–Crippen LogP) is 0.315. The van der Waals surface area contributed by atoms with Gasteiger partial charge in [0, 0.05) is 12.3 Å². The number of carbonyl (C=O) groups is 2. The standard InChI is InChI=1S/C19H25ClO8/c1-9-4-12-18(5-11(9)22,7-25-10(2)21)17(3)15(28-13(23)6-20)14(24)16(27-12)19(17)8-26-19/h4,11-12,14-16,22,24H,5-8H2,1-3H3/t11-,12?,14-,15-,16?,17-,18-,19?/m1/s1. The number of hydrogen-bond donors (Lipinski definition) is 2. The third kappa shape index (κ3) is 2.38. The molecule has 2 aliphatic heterocycles. The van der Waals surface area contributed by atoms with E-state index in [4.69, 9.17) is 30.5 Å². The van der Waals surface area contributed by atoms with Gasteiger partial charge in [-0.2, -0.15) is 0 Å². The van der Waals surface area contributed by atoms with Crippen LogP contribution in [0.2, 0.25) is 0 Å². The van der Waals surface area contributed by atoms with Gasteiger partial charge in [-0.1, -0.05) is 13.0 Å². The van der Waals surface area contributed by atoms with Gasteiger partial charge in [0.05, 0.1) is 24.2 Å². The summed E-state index contributed by atoms with van der Waals surface area (Å²) in [6.45, 7) is 5.21. The SMILES string of the molecule is CC(=O)OC[C@]12C[C@@H](O)C(C)=CC1OC1[C@H](O)[C@@H](OC(=O)CCl)[C@@]2(C)C12CO2. The van der Waals surface area contributed by atoms with E-state index in [0.717, 1.165) is 5.57 Å². The second-order valence-electron chi connectivity index (χ2n) is 8.46. The molecule has 2 N–H and O–H groups in total. The molecule has 0 aromatic rings. The maximum absolute atomic E-state index is 12.0. The zero-order valence-corrected chi connectivity index (χ0v) is 16.8. The van der Waals surface area contributed by atoms with Crippen molar-refractivity contribution in [3.05, 3.63) is 11.6 Å². The number of aliphatic hydroxyl groups excluding tert-OH is 2. The van der Waals surface area contributed by atoms with Gasteiger partial charge in [-0.05, 0) is 18.9 Å². The summed E-state index contributed by atoms with van der Waals surface area (Å²) < 4.78 is 23.1. The molecule has 1 saturated carbocycles. The molecule has 2 saturated heterocycles. The molecule has 4 aliphatic rings. The monoisotopic (exact) mass is 416 g/mol. The van der Waals surface area contributed by atoms with E-state index in [-0.39, 0.29) is 18.9 Å². The lowest BCUT2D eigenvalue weighted by Gasteiger charge is -2.58. The first-order chi connectivity index (χ1) is 13.1. The molecule has 2 bridgehead atoms. The topological polar surface area (TPSA) is 115 Å². The van der Waals surface area contributed by atoms with Crippen LogP contribution in [0.5, 0.6) is 0 Å². The van der Waals surface area contributed by atoms with Gasteiger partial charge in [-0.25, -0.2) is 0 Å². The molecule has 3 unspecified atom stereocenters. The van der Waals surface area contributed by atoms with Gasteiger partial charge in [0.1, 0.15) is 36.4 Å². The Bertz CT molecular complexity index is 733. The minimum absolute atomic E-state index is 0.0657. The number of epoxide rings is 1. The number of halogens is 1. The van der Waals surface area contributed by atoms with Gasteiger partial charge in [0.2, 0.25) is 0 Å². The number of aliphatic hydroxyl groups is 2. The van der Waals surface area contributed by atoms with Crippen LogP contribution in [0.15, 0.2) is 11.6 Å². The van der Waals surface area contributed by atoms with Crippen molar-refractivity contribution >= 4 is 23.5 Å². The number of fused-ring (bicyclic) bond motifs is 2. The molecule has 28 heavy (non-hydrogen) atoms. The summed E-state index contributed by atoms with van der Waals surface area (Å²) in [5.74, 6) is -1.50. The lowest BCUT2D eigenvalue weighted by atomic mass is 9.51. The second-order valence-corrected chi connectivity index (χ2v) is 8.73. The largest absolute Gasteiger partial charge is 0.465 e. The van der Waals surface area contributed by atoms with E-state index in [2.05, 4.69) is 0 Å². The van der Waals surface area contributed by atoms with Crippen LogP contribution in [0.25, 0.3) is 0 Å². The summed E-state index contributed by atoms with van der Waals surface area (Å²) >= 11 is 5.63. The highest BCUT2D eigenvalue weighted by molar-refractivity contribution is 6.26. The minimum Gasteiger partial charge on any atom is -0.465 e. The van der Waals surface area contributed by atoms with E-state index in [1.807, 2.05) is 6.92 Å². The van der Waals surface area contributed by atoms with Crippen LogP contribution < -0.4 is 0 Å². The molecule has 9 heteroatoms.